The topological polar surface area (TPSA) is 58.6 Å². The molecule has 25 heavy (non-hydrogen) atoms. The summed E-state index contributed by atoms with van der Waals surface area (Å²) in [6.45, 7) is 2.03. The lowest BCUT2D eigenvalue weighted by molar-refractivity contribution is -0.135. The summed E-state index contributed by atoms with van der Waals surface area (Å²) < 4.78 is 5.30. The Balaban J connectivity index is 1.98. The number of halogens is 1. The van der Waals surface area contributed by atoms with Gasteiger partial charge in [0.25, 0.3) is 0 Å². The molecular weight excluding hydrogens is 340 g/mol. The van der Waals surface area contributed by atoms with E-state index in [0.29, 0.717) is 23.9 Å². The Kier molecular flexibility index (Phi) is 6.83. The van der Waals surface area contributed by atoms with Crippen molar-refractivity contribution in [2.75, 3.05) is 13.7 Å². The van der Waals surface area contributed by atoms with Crippen LogP contribution < -0.4 is 10.1 Å². The summed E-state index contributed by atoms with van der Waals surface area (Å²) in [5, 5.41) is 3.39. The van der Waals surface area contributed by atoms with E-state index < -0.39 is 0 Å². The number of benzene rings is 2. The van der Waals surface area contributed by atoms with Crippen LogP contribution in [0.1, 0.15) is 18.1 Å². The van der Waals surface area contributed by atoms with Gasteiger partial charge in [-0.2, -0.15) is 0 Å². The number of hydrogen-bond acceptors (Lipinski definition) is 3. The largest absolute Gasteiger partial charge is 0.496 e. The second kappa shape index (κ2) is 9.08. The van der Waals surface area contributed by atoms with Crippen molar-refractivity contribution < 1.29 is 14.3 Å². The minimum absolute atomic E-state index is 0.0299. The Labute approximate surface area is 152 Å². The molecule has 0 unspecified atom stereocenters. The van der Waals surface area contributed by atoms with E-state index in [0.717, 1.165) is 11.1 Å². The number of hydrogen-bond donors (Lipinski definition) is 1. The highest BCUT2D eigenvalue weighted by Gasteiger charge is 2.16. The number of ether oxygens (including phenoxy) is 1. The van der Waals surface area contributed by atoms with E-state index in [2.05, 4.69) is 5.32 Å². The number of amides is 2. The van der Waals surface area contributed by atoms with E-state index in [9.17, 15) is 9.59 Å². The number of nitrogens with one attached hydrogen (secondary N) is 1. The van der Waals surface area contributed by atoms with Crippen LogP contribution in [0.3, 0.4) is 0 Å². The quantitative estimate of drug-likeness (QED) is 0.825. The molecule has 5 nitrogen and oxygen atoms in total. The van der Waals surface area contributed by atoms with Gasteiger partial charge in [0.2, 0.25) is 11.8 Å². The van der Waals surface area contributed by atoms with E-state index in [4.69, 9.17) is 16.3 Å². The third-order valence-corrected chi connectivity index (χ3v) is 4.14. The summed E-state index contributed by atoms with van der Waals surface area (Å²) in [5.41, 5.74) is 1.68. The van der Waals surface area contributed by atoms with E-state index >= 15 is 0 Å². The highest BCUT2D eigenvalue weighted by atomic mass is 35.5. The number of methoxy groups -OCH3 is 1. The molecule has 0 bridgehead atoms. The van der Waals surface area contributed by atoms with Gasteiger partial charge in [0.15, 0.2) is 0 Å². The van der Waals surface area contributed by atoms with Gasteiger partial charge in [-0.15, -0.1) is 0 Å². The van der Waals surface area contributed by atoms with Crippen LogP contribution in [-0.2, 0) is 22.7 Å². The molecule has 2 aromatic carbocycles. The van der Waals surface area contributed by atoms with Crippen molar-refractivity contribution in [3.63, 3.8) is 0 Å². The minimum atomic E-state index is -0.245. The summed E-state index contributed by atoms with van der Waals surface area (Å²) in [6.07, 6.45) is 0. The van der Waals surface area contributed by atoms with Gasteiger partial charge >= 0.3 is 0 Å². The SMILES string of the molecule is COc1ccccc1CN(CC(=O)NCc1ccccc1Cl)C(C)=O. The van der Waals surface area contributed by atoms with Crippen molar-refractivity contribution in [1.82, 2.24) is 10.2 Å². The lowest BCUT2D eigenvalue weighted by Gasteiger charge is -2.22. The monoisotopic (exact) mass is 360 g/mol. The maximum absolute atomic E-state index is 12.2. The first kappa shape index (κ1) is 18.8. The summed E-state index contributed by atoms with van der Waals surface area (Å²) in [5.74, 6) is 0.258. The first-order chi connectivity index (χ1) is 12.0. The molecule has 0 heterocycles. The maximum Gasteiger partial charge on any atom is 0.239 e. The fourth-order valence-corrected chi connectivity index (χ4v) is 2.59. The van der Waals surface area contributed by atoms with Gasteiger partial charge in [-0.25, -0.2) is 0 Å². The summed E-state index contributed by atoms with van der Waals surface area (Å²) in [7, 11) is 1.58. The van der Waals surface area contributed by atoms with Crippen molar-refractivity contribution in [1.29, 1.82) is 0 Å². The van der Waals surface area contributed by atoms with Gasteiger partial charge < -0.3 is 15.0 Å². The molecule has 0 aliphatic carbocycles. The minimum Gasteiger partial charge on any atom is -0.496 e. The predicted octanol–water partition coefficient (Wildman–Crippen LogP) is 3.01. The third kappa shape index (κ3) is 5.50. The molecule has 0 fully saturated rings. The van der Waals surface area contributed by atoms with E-state index in [1.807, 2.05) is 42.5 Å². The van der Waals surface area contributed by atoms with Gasteiger partial charge in [0, 0.05) is 30.6 Å². The molecule has 0 aliphatic rings. The zero-order valence-corrected chi connectivity index (χ0v) is 15.0. The fourth-order valence-electron chi connectivity index (χ4n) is 2.38. The average molecular weight is 361 g/mol. The fraction of sp³-hybridized carbons (Fsp3) is 0.263. The second-order valence-electron chi connectivity index (χ2n) is 5.56. The number of para-hydroxylation sites is 1. The second-order valence-corrected chi connectivity index (χ2v) is 5.96. The van der Waals surface area contributed by atoms with Crippen LogP contribution >= 0.6 is 11.6 Å². The Hall–Kier alpha value is -2.53. The molecule has 2 aromatic rings. The first-order valence-corrected chi connectivity index (χ1v) is 8.26. The summed E-state index contributed by atoms with van der Waals surface area (Å²) in [4.78, 5) is 25.6. The van der Waals surface area contributed by atoms with Crippen LogP contribution in [0.25, 0.3) is 0 Å². The third-order valence-electron chi connectivity index (χ3n) is 3.77. The molecule has 0 aromatic heterocycles. The highest BCUT2D eigenvalue weighted by molar-refractivity contribution is 6.31. The van der Waals surface area contributed by atoms with Crippen LogP contribution in [-0.4, -0.2) is 30.4 Å². The van der Waals surface area contributed by atoms with Gasteiger partial charge in [-0.3, -0.25) is 9.59 Å². The van der Waals surface area contributed by atoms with Crippen molar-refractivity contribution in [3.05, 3.63) is 64.7 Å². The molecule has 0 atom stereocenters. The van der Waals surface area contributed by atoms with Crippen LogP contribution in [0.15, 0.2) is 48.5 Å². The smallest absolute Gasteiger partial charge is 0.239 e. The van der Waals surface area contributed by atoms with Crippen LogP contribution in [0.5, 0.6) is 5.75 Å². The van der Waals surface area contributed by atoms with Crippen LogP contribution in [0.2, 0.25) is 5.02 Å². The maximum atomic E-state index is 12.2. The number of carbonyl (C=O) groups is 2. The molecule has 0 radical (unpaired) electrons. The Morgan fingerprint density at radius 3 is 2.36 bits per heavy atom. The van der Waals surface area contributed by atoms with Gasteiger partial charge in [0.05, 0.1) is 13.7 Å². The predicted molar refractivity (Wildman–Crippen MR) is 97.4 cm³/mol. The molecule has 132 valence electrons. The molecule has 2 amide bonds. The molecule has 2 rings (SSSR count). The molecule has 0 spiro atoms. The van der Waals surface area contributed by atoms with Crippen molar-refractivity contribution in [2.24, 2.45) is 0 Å². The molecule has 6 heteroatoms. The van der Waals surface area contributed by atoms with E-state index in [-0.39, 0.29) is 18.4 Å². The average Bonchev–Trinajstić information content (AvgIpc) is 2.60. The normalized spacial score (nSPS) is 10.2. The van der Waals surface area contributed by atoms with Gasteiger partial charge in [-0.1, -0.05) is 48.0 Å². The standard InChI is InChI=1S/C19H21ClN2O3/c1-14(23)22(12-16-8-4-6-10-18(16)25-2)13-19(24)21-11-15-7-3-5-9-17(15)20/h3-10H,11-13H2,1-2H3,(H,21,24). The zero-order valence-electron chi connectivity index (χ0n) is 14.3. The lowest BCUT2D eigenvalue weighted by atomic mass is 10.2. The lowest BCUT2D eigenvalue weighted by Crippen LogP contribution is -2.39. The molecule has 0 saturated carbocycles. The Morgan fingerprint density at radius 2 is 1.72 bits per heavy atom. The summed E-state index contributed by atoms with van der Waals surface area (Å²) >= 11 is 6.07. The Bertz CT molecular complexity index is 749. The van der Waals surface area contributed by atoms with Crippen molar-refractivity contribution in [3.8, 4) is 5.75 Å². The highest BCUT2D eigenvalue weighted by Crippen LogP contribution is 2.19. The molecular formula is C19H21ClN2O3. The van der Waals surface area contributed by atoms with Gasteiger partial charge in [0.1, 0.15) is 5.75 Å². The number of carbonyl (C=O) groups excluding carboxylic acids is 2. The molecule has 0 saturated heterocycles. The van der Waals surface area contributed by atoms with Crippen LogP contribution in [0, 0.1) is 0 Å². The Morgan fingerprint density at radius 1 is 1.08 bits per heavy atom. The van der Waals surface area contributed by atoms with E-state index in [1.54, 1.807) is 13.2 Å². The first-order valence-electron chi connectivity index (χ1n) is 7.88. The van der Waals surface area contributed by atoms with E-state index in [1.165, 1.54) is 11.8 Å². The number of rotatable bonds is 7. The van der Waals surface area contributed by atoms with Crippen molar-refractivity contribution in [2.45, 2.75) is 20.0 Å². The molecule has 1 N–H and O–H groups in total. The molecule has 0 aliphatic heterocycles. The number of nitrogens with zero attached hydrogens (tertiary/aromatic N) is 1. The van der Waals surface area contributed by atoms with Crippen molar-refractivity contribution >= 4 is 23.4 Å². The zero-order chi connectivity index (χ0) is 18.2. The van der Waals surface area contributed by atoms with Crippen LogP contribution in [0.4, 0.5) is 0 Å². The van der Waals surface area contributed by atoms with Gasteiger partial charge in [-0.05, 0) is 17.7 Å². The summed E-state index contributed by atoms with van der Waals surface area (Å²) in [6, 6.07) is 14.7.